The van der Waals surface area contributed by atoms with Gasteiger partial charge in [-0.25, -0.2) is 4.39 Å². The summed E-state index contributed by atoms with van der Waals surface area (Å²) in [4.78, 5) is 0. The lowest BCUT2D eigenvalue weighted by atomic mass is 10.1. The van der Waals surface area contributed by atoms with Crippen molar-refractivity contribution in [1.29, 1.82) is 0 Å². The van der Waals surface area contributed by atoms with Gasteiger partial charge in [0.15, 0.2) is 0 Å². The zero-order valence-corrected chi connectivity index (χ0v) is 7.39. The number of halogens is 1. The normalized spacial score (nSPS) is 9.69. The highest BCUT2D eigenvalue weighted by molar-refractivity contribution is 5.52. The predicted octanol–water partition coefficient (Wildman–Crippen LogP) is 1.88. The van der Waals surface area contributed by atoms with Crippen LogP contribution >= 0.6 is 0 Å². The quantitative estimate of drug-likeness (QED) is 0.694. The van der Waals surface area contributed by atoms with Gasteiger partial charge >= 0.3 is 0 Å². The molecule has 70 valence electrons. The summed E-state index contributed by atoms with van der Waals surface area (Å²) in [6.07, 6.45) is 1.71. The van der Waals surface area contributed by atoms with Crippen LogP contribution < -0.4 is 11.1 Å². The van der Waals surface area contributed by atoms with Crippen LogP contribution in [-0.2, 0) is 6.54 Å². The van der Waals surface area contributed by atoms with Crippen LogP contribution in [0.15, 0.2) is 30.9 Å². The second-order valence-electron chi connectivity index (χ2n) is 2.64. The lowest BCUT2D eigenvalue weighted by molar-refractivity contribution is 0.611. The van der Waals surface area contributed by atoms with Crippen molar-refractivity contribution in [3.8, 4) is 0 Å². The maximum Gasteiger partial charge on any atom is 0.129 e. The number of hydrogen-bond donors (Lipinski definition) is 2. The van der Waals surface area contributed by atoms with Gasteiger partial charge < -0.3 is 11.1 Å². The number of hydrogen-bond acceptors (Lipinski definition) is 2. The third kappa shape index (κ3) is 2.29. The lowest BCUT2D eigenvalue weighted by Crippen LogP contribution is -2.07. The molecule has 0 atom stereocenters. The Hall–Kier alpha value is -1.35. The van der Waals surface area contributed by atoms with Gasteiger partial charge in [-0.1, -0.05) is 12.1 Å². The summed E-state index contributed by atoms with van der Waals surface area (Å²) < 4.78 is 13.1. The second kappa shape index (κ2) is 4.62. The highest BCUT2D eigenvalue weighted by Crippen LogP contribution is 2.17. The molecular formula is C10H13FN2. The molecule has 0 radical (unpaired) electrons. The standard InChI is InChI=1S/C10H13FN2/c1-2-6-13-10-5-3-4-9(11)8(10)7-12/h2-5,13H,1,6-7,12H2. The molecule has 0 aliphatic heterocycles. The average Bonchev–Trinajstić information content (AvgIpc) is 2.15. The molecule has 13 heavy (non-hydrogen) atoms. The topological polar surface area (TPSA) is 38.0 Å². The maximum absolute atomic E-state index is 13.1. The van der Waals surface area contributed by atoms with E-state index in [0.29, 0.717) is 12.1 Å². The molecule has 0 aliphatic carbocycles. The highest BCUT2D eigenvalue weighted by Gasteiger charge is 2.04. The summed E-state index contributed by atoms with van der Waals surface area (Å²) in [5.74, 6) is -0.267. The smallest absolute Gasteiger partial charge is 0.129 e. The Kier molecular flexibility index (Phi) is 3.46. The maximum atomic E-state index is 13.1. The Balaban J connectivity index is 2.91. The summed E-state index contributed by atoms with van der Waals surface area (Å²) in [6, 6.07) is 4.86. The van der Waals surface area contributed by atoms with E-state index in [1.807, 2.05) is 0 Å². The van der Waals surface area contributed by atoms with Crippen molar-refractivity contribution < 1.29 is 4.39 Å². The first kappa shape index (κ1) is 9.74. The first-order valence-electron chi connectivity index (χ1n) is 4.11. The molecule has 3 N–H and O–H groups in total. The fraction of sp³-hybridized carbons (Fsp3) is 0.200. The minimum absolute atomic E-state index is 0.201. The van der Waals surface area contributed by atoms with Gasteiger partial charge in [0.05, 0.1) is 0 Å². The van der Waals surface area contributed by atoms with Crippen molar-refractivity contribution in [1.82, 2.24) is 0 Å². The Bertz CT molecular complexity index is 297. The average molecular weight is 180 g/mol. The van der Waals surface area contributed by atoms with E-state index < -0.39 is 0 Å². The lowest BCUT2D eigenvalue weighted by Gasteiger charge is -2.09. The molecule has 1 aromatic carbocycles. The van der Waals surface area contributed by atoms with Crippen LogP contribution in [0.4, 0.5) is 10.1 Å². The predicted molar refractivity (Wildman–Crippen MR) is 53.0 cm³/mol. The van der Waals surface area contributed by atoms with E-state index in [9.17, 15) is 4.39 Å². The van der Waals surface area contributed by atoms with E-state index in [1.54, 1.807) is 18.2 Å². The molecule has 0 bridgehead atoms. The molecule has 0 unspecified atom stereocenters. The Labute approximate surface area is 77.3 Å². The van der Waals surface area contributed by atoms with E-state index in [-0.39, 0.29) is 12.4 Å². The number of nitrogens with two attached hydrogens (primary N) is 1. The van der Waals surface area contributed by atoms with Crippen molar-refractivity contribution >= 4 is 5.69 Å². The molecule has 1 rings (SSSR count). The Morgan fingerprint density at radius 2 is 2.31 bits per heavy atom. The van der Waals surface area contributed by atoms with E-state index in [2.05, 4.69) is 11.9 Å². The van der Waals surface area contributed by atoms with Gasteiger partial charge in [0.1, 0.15) is 5.82 Å². The first-order chi connectivity index (χ1) is 6.29. The largest absolute Gasteiger partial charge is 0.381 e. The third-order valence-corrected chi connectivity index (χ3v) is 1.76. The van der Waals surface area contributed by atoms with Crippen LogP contribution in [0.3, 0.4) is 0 Å². The Morgan fingerprint density at radius 3 is 2.92 bits per heavy atom. The van der Waals surface area contributed by atoms with Gasteiger partial charge in [0.2, 0.25) is 0 Å². The van der Waals surface area contributed by atoms with Crippen molar-refractivity contribution in [2.75, 3.05) is 11.9 Å². The summed E-state index contributed by atoms with van der Waals surface area (Å²) in [7, 11) is 0. The molecule has 0 spiro atoms. The van der Waals surface area contributed by atoms with Gasteiger partial charge in [-0.3, -0.25) is 0 Å². The molecule has 2 nitrogen and oxygen atoms in total. The monoisotopic (exact) mass is 180 g/mol. The second-order valence-corrected chi connectivity index (χ2v) is 2.64. The minimum Gasteiger partial charge on any atom is -0.381 e. The van der Waals surface area contributed by atoms with Crippen molar-refractivity contribution in [3.63, 3.8) is 0 Å². The molecule has 3 heteroatoms. The van der Waals surface area contributed by atoms with Crippen LogP contribution in [0.1, 0.15) is 5.56 Å². The van der Waals surface area contributed by atoms with Crippen molar-refractivity contribution in [3.05, 3.63) is 42.2 Å². The first-order valence-corrected chi connectivity index (χ1v) is 4.11. The van der Waals surface area contributed by atoms with E-state index >= 15 is 0 Å². The zero-order valence-electron chi connectivity index (χ0n) is 7.39. The molecule has 0 aromatic heterocycles. The van der Waals surface area contributed by atoms with Crippen LogP contribution in [-0.4, -0.2) is 6.54 Å². The number of rotatable bonds is 4. The molecule has 0 saturated heterocycles. The number of anilines is 1. The summed E-state index contributed by atoms with van der Waals surface area (Å²) >= 11 is 0. The molecule has 0 heterocycles. The summed E-state index contributed by atoms with van der Waals surface area (Å²) in [6.45, 7) is 4.37. The van der Waals surface area contributed by atoms with Crippen molar-refractivity contribution in [2.45, 2.75) is 6.54 Å². The van der Waals surface area contributed by atoms with Crippen molar-refractivity contribution in [2.24, 2.45) is 5.73 Å². The molecular weight excluding hydrogens is 167 g/mol. The molecule has 1 aromatic rings. The van der Waals surface area contributed by atoms with Crippen LogP contribution in [0, 0.1) is 5.82 Å². The summed E-state index contributed by atoms with van der Waals surface area (Å²) in [5, 5.41) is 3.02. The van der Waals surface area contributed by atoms with Crippen LogP contribution in [0.5, 0.6) is 0 Å². The molecule has 0 fully saturated rings. The van der Waals surface area contributed by atoms with Gasteiger partial charge in [-0.15, -0.1) is 6.58 Å². The highest BCUT2D eigenvalue weighted by atomic mass is 19.1. The van der Waals surface area contributed by atoms with Gasteiger partial charge in [-0.2, -0.15) is 0 Å². The van der Waals surface area contributed by atoms with E-state index in [0.717, 1.165) is 5.69 Å². The Morgan fingerprint density at radius 1 is 1.54 bits per heavy atom. The fourth-order valence-corrected chi connectivity index (χ4v) is 1.11. The molecule has 0 amide bonds. The minimum atomic E-state index is -0.267. The SMILES string of the molecule is C=CCNc1cccc(F)c1CN. The van der Waals surface area contributed by atoms with Crippen LogP contribution in [0.25, 0.3) is 0 Å². The van der Waals surface area contributed by atoms with Gasteiger partial charge in [0, 0.05) is 24.3 Å². The fourth-order valence-electron chi connectivity index (χ4n) is 1.11. The molecule has 0 aliphatic rings. The van der Waals surface area contributed by atoms with Gasteiger partial charge in [-0.05, 0) is 12.1 Å². The number of benzene rings is 1. The third-order valence-electron chi connectivity index (χ3n) is 1.76. The van der Waals surface area contributed by atoms with E-state index in [1.165, 1.54) is 6.07 Å². The summed E-state index contributed by atoms with van der Waals surface area (Å²) in [5.41, 5.74) is 6.67. The zero-order chi connectivity index (χ0) is 9.68. The molecule has 0 saturated carbocycles. The number of nitrogens with one attached hydrogen (secondary N) is 1. The van der Waals surface area contributed by atoms with E-state index in [4.69, 9.17) is 5.73 Å². The van der Waals surface area contributed by atoms with Crippen LogP contribution in [0.2, 0.25) is 0 Å². The van der Waals surface area contributed by atoms with Gasteiger partial charge in [0.25, 0.3) is 0 Å².